The second kappa shape index (κ2) is 4.44. The quantitative estimate of drug-likeness (QED) is 0.800. The molecule has 5 nitrogen and oxygen atoms in total. The number of aromatic nitrogens is 3. The Morgan fingerprint density at radius 3 is 3.06 bits per heavy atom. The monoisotopic (exact) mass is 236 g/mol. The summed E-state index contributed by atoms with van der Waals surface area (Å²) >= 11 is 1.36. The molecule has 6 heteroatoms. The van der Waals surface area contributed by atoms with Crippen molar-refractivity contribution in [2.45, 2.75) is 20.3 Å². The van der Waals surface area contributed by atoms with Gasteiger partial charge in [0.25, 0.3) is 0 Å². The van der Waals surface area contributed by atoms with Gasteiger partial charge in [0, 0.05) is 18.7 Å². The van der Waals surface area contributed by atoms with Crippen molar-refractivity contribution in [3.8, 4) is 0 Å². The summed E-state index contributed by atoms with van der Waals surface area (Å²) in [5.74, 6) is 0.828. The van der Waals surface area contributed by atoms with Crippen molar-refractivity contribution < 1.29 is 4.79 Å². The van der Waals surface area contributed by atoms with Crippen LogP contribution < -0.4 is 5.32 Å². The first-order valence-corrected chi connectivity index (χ1v) is 5.79. The van der Waals surface area contributed by atoms with E-state index in [4.69, 9.17) is 0 Å². The van der Waals surface area contributed by atoms with E-state index in [0.29, 0.717) is 17.4 Å². The maximum atomic E-state index is 11.6. The van der Waals surface area contributed by atoms with Crippen molar-refractivity contribution >= 4 is 28.1 Å². The third kappa shape index (κ3) is 2.11. The lowest BCUT2D eigenvalue weighted by molar-refractivity contribution is 0.0991. The second-order valence-corrected chi connectivity index (χ2v) is 4.29. The lowest BCUT2D eigenvalue weighted by atomic mass is 10.2. The number of nitrogens with zero attached hydrogens (tertiary/aromatic N) is 2. The first-order chi connectivity index (χ1) is 7.70. The molecular formula is C10H12N4OS. The van der Waals surface area contributed by atoms with Gasteiger partial charge in [0.2, 0.25) is 0 Å². The molecule has 0 saturated carbocycles. The lowest BCUT2D eigenvalue weighted by Gasteiger charge is -1.94. The number of ketones is 1. The Bertz CT molecular complexity index is 489. The number of hydrogen-bond acceptors (Lipinski definition) is 5. The van der Waals surface area contributed by atoms with E-state index in [-0.39, 0.29) is 5.78 Å². The predicted molar refractivity (Wildman–Crippen MR) is 63.3 cm³/mol. The molecule has 2 N–H and O–H groups in total. The third-order valence-electron chi connectivity index (χ3n) is 2.11. The standard InChI is InChI=1S/C10H12N4OS/c1-3-7(15)9-6(2)12-10(16-9)13-8-4-5-11-14-8/h4-5H,3H2,1-2H3,(H2,11,12,13,14). The fourth-order valence-electron chi connectivity index (χ4n) is 1.31. The van der Waals surface area contributed by atoms with Crippen LogP contribution in [-0.2, 0) is 0 Å². The molecule has 0 aliphatic carbocycles. The smallest absolute Gasteiger partial charge is 0.189 e. The summed E-state index contributed by atoms with van der Waals surface area (Å²) in [5, 5.41) is 10.4. The number of nitrogens with one attached hydrogen (secondary N) is 2. The molecule has 84 valence electrons. The highest BCUT2D eigenvalue weighted by atomic mass is 32.1. The molecule has 0 aliphatic heterocycles. The van der Waals surface area contributed by atoms with Crippen LogP contribution in [-0.4, -0.2) is 21.0 Å². The number of aryl methyl sites for hydroxylation is 1. The molecular weight excluding hydrogens is 224 g/mol. The Balaban J connectivity index is 2.21. The Labute approximate surface area is 96.9 Å². The molecule has 16 heavy (non-hydrogen) atoms. The maximum absolute atomic E-state index is 11.6. The molecule has 2 aromatic rings. The van der Waals surface area contributed by atoms with Gasteiger partial charge in [-0.05, 0) is 6.92 Å². The second-order valence-electron chi connectivity index (χ2n) is 3.29. The van der Waals surface area contributed by atoms with Crippen molar-refractivity contribution in [3.63, 3.8) is 0 Å². The molecule has 2 rings (SSSR count). The molecule has 0 amide bonds. The van der Waals surface area contributed by atoms with Gasteiger partial charge in [-0.2, -0.15) is 5.10 Å². The number of H-pyrrole nitrogens is 1. The number of carbonyl (C=O) groups excluding carboxylic acids is 1. The topological polar surface area (TPSA) is 70.7 Å². The zero-order chi connectivity index (χ0) is 11.5. The van der Waals surface area contributed by atoms with Crippen molar-refractivity contribution in [2.75, 3.05) is 5.32 Å². The van der Waals surface area contributed by atoms with Crippen molar-refractivity contribution in [1.29, 1.82) is 0 Å². The van der Waals surface area contributed by atoms with Crippen LogP contribution in [0, 0.1) is 6.92 Å². The fraction of sp³-hybridized carbons (Fsp3) is 0.300. The van der Waals surface area contributed by atoms with Crippen LogP contribution in [0.4, 0.5) is 10.9 Å². The zero-order valence-electron chi connectivity index (χ0n) is 9.07. The van der Waals surface area contributed by atoms with Gasteiger partial charge in [-0.15, -0.1) is 0 Å². The van der Waals surface area contributed by atoms with E-state index in [2.05, 4.69) is 20.5 Å². The van der Waals surface area contributed by atoms with Gasteiger partial charge in [-0.1, -0.05) is 18.3 Å². The summed E-state index contributed by atoms with van der Waals surface area (Å²) in [6, 6.07) is 1.80. The average Bonchev–Trinajstić information content (AvgIpc) is 2.88. The predicted octanol–water partition coefficient (Wildman–Crippen LogP) is 2.51. The molecule has 0 unspecified atom stereocenters. The van der Waals surface area contributed by atoms with Crippen LogP contribution in [0.5, 0.6) is 0 Å². The van der Waals surface area contributed by atoms with E-state index in [0.717, 1.165) is 10.6 Å². The number of aromatic amines is 1. The molecule has 2 aromatic heterocycles. The molecule has 0 aliphatic rings. The summed E-state index contributed by atoms with van der Waals surface area (Å²) < 4.78 is 0. The van der Waals surface area contributed by atoms with Gasteiger partial charge in [0.15, 0.2) is 16.7 Å². The van der Waals surface area contributed by atoms with Crippen molar-refractivity contribution in [3.05, 3.63) is 22.8 Å². The number of anilines is 2. The van der Waals surface area contributed by atoms with Crippen molar-refractivity contribution in [2.24, 2.45) is 0 Å². The van der Waals surface area contributed by atoms with Crippen LogP contribution in [0.2, 0.25) is 0 Å². The van der Waals surface area contributed by atoms with Gasteiger partial charge in [-0.3, -0.25) is 9.89 Å². The van der Waals surface area contributed by atoms with E-state index < -0.39 is 0 Å². The van der Waals surface area contributed by atoms with Crippen LogP contribution >= 0.6 is 11.3 Å². The average molecular weight is 236 g/mol. The Morgan fingerprint density at radius 2 is 2.44 bits per heavy atom. The summed E-state index contributed by atoms with van der Waals surface area (Å²) in [6.07, 6.45) is 2.23. The molecule has 0 atom stereocenters. The highest BCUT2D eigenvalue weighted by Gasteiger charge is 2.13. The minimum Gasteiger partial charge on any atom is -0.315 e. The van der Waals surface area contributed by atoms with Gasteiger partial charge >= 0.3 is 0 Å². The summed E-state index contributed by atoms with van der Waals surface area (Å²) in [7, 11) is 0. The molecule has 2 heterocycles. The maximum Gasteiger partial charge on any atom is 0.189 e. The van der Waals surface area contributed by atoms with Crippen LogP contribution in [0.15, 0.2) is 12.3 Å². The molecule has 0 bridgehead atoms. The van der Waals surface area contributed by atoms with Gasteiger partial charge in [0.1, 0.15) is 0 Å². The van der Waals surface area contributed by atoms with E-state index in [1.54, 1.807) is 12.3 Å². The lowest BCUT2D eigenvalue weighted by Crippen LogP contribution is -1.94. The van der Waals surface area contributed by atoms with E-state index in [9.17, 15) is 4.79 Å². The minimum atomic E-state index is 0.130. The summed E-state index contributed by atoms with van der Waals surface area (Å²) in [4.78, 5) is 16.6. The summed E-state index contributed by atoms with van der Waals surface area (Å²) in [6.45, 7) is 3.69. The van der Waals surface area contributed by atoms with Gasteiger partial charge in [0.05, 0.1) is 10.6 Å². The molecule has 0 radical (unpaired) electrons. The van der Waals surface area contributed by atoms with Crippen LogP contribution in [0.25, 0.3) is 0 Å². The Hall–Kier alpha value is -1.69. The molecule has 0 fully saturated rings. The normalized spacial score (nSPS) is 10.4. The highest BCUT2D eigenvalue weighted by Crippen LogP contribution is 2.25. The number of carbonyl (C=O) groups is 1. The molecule has 0 saturated heterocycles. The first kappa shape index (κ1) is 10.8. The number of Topliss-reactive ketones (excluding diaryl/α,β-unsaturated/α-hetero) is 1. The number of thiazole rings is 1. The third-order valence-corrected chi connectivity index (χ3v) is 3.22. The summed E-state index contributed by atoms with van der Waals surface area (Å²) in [5.41, 5.74) is 0.773. The fourth-order valence-corrected chi connectivity index (χ4v) is 2.29. The van der Waals surface area contributed by atoms with E-state index in [1.807, 2.05) is 13.8 Å². The zero-order valence-corrected chi connectivity index (χ0v) is 9.89. The molecule has 0 aromatic carbocycles. The van der Waals surface area contributed by atoms with Crippen LogP contribution in [0.3, 0.4) is 0 Å². The van der Waals surface area contributed by atoms with Crippen LogP contribution in [0.1, 0.15) is 28.7 Å². The van der Waals surface area contributed by atoms with E-state index in [1.165, 1.54) is 11.3 Å². The molecule has 0 spiro atoms. The largest absolute Gasteiger partial charge is 0.315 e. The Morgan fingerprint density at radius 1 is 1.62 bits per heavy atom. The van der Waals surface area contributed by atoms with Gasteiger partial charge in [-0.25, -0.2) is 4.98 Å². The van der Waals surface area contributed by atoms with E-state index >= 15 is 0 Å². The number of rotatable bonds is 4. The first-order valence-electron chi connectivity index (χ1n) is 4.98. The van der Waals surface area contributed by atoms with Crippen molar-refractivity contribution in [1.82, 2.24) is 15.2 Å². The minimum absolute atomic E-state index is 0.130. The highest BCUT2D eigenvalue weighted by molar-refractivity contribution is 7.17. The number of hydrogen-bond donors (Lipinski definition) is 2. The Kier molecular flexibility index (Phi) is 3.00. The SMILES string of the molecule is CCC(=O)c1sc(Nc2cc[nH]n2)nc1C. The van der Waals surface area contributed by atoms with Gasteiger partial charge < -0.3 is 5.32 Å².